The van der Waals surface area contributed by atoms with Crippen molar-refractivity contribution in [1.82, 2.24) is 36.0 Å². The lowest BCUT2D eigenvalue weighted by Gasteiger charge is -2.36. The zero-order chi connectivity index (χ0) is 43.7. The van der Waals surface area contributed by atoms with Crippen LogP contribution in [0, 0.1) is 25.1 Å². The number of primary amides is 2. The SMILES string of the molecule is C#COC(=O)C(Br)C(=O)OCC.C#COC(=O)C(C(=O)OCC)N1CCN(C(C)=O)CC1.CC(=O)N1CCN(C(C(N)=O)C(N)=O)CC1.CC(=O)N1CCNCC1.N.[HH].[HH].[HH].[HH]. The maximum absolute atomic E-state index is 11.9. The largest absolute Gasteiger partial charge is 0.465 e. The van der Waals surface area contributed by atoms with Gasteiger partial charge in [-0.25, -0.2) is 14.4 Å². The summed E-state index contributed by atoms with van der Waals surface area (Å²) in [5, 5.41) is 3.18. The van der Waals surface area contributed by atoms with Crippen molar-refractivity contribution in [3.63, 3.8) is 0 Å². The van der Waals surface area contributed by atoms with Crippen molar-refractivity contribution in [3.8, 4) is 25.1 Å². The van der Waals surface area contributed by atoms with Gasteiger partial charge in [-0.15, -0.1) is 0 Å². The van der Waals surface area contributed by atoms with E-state index >= 15 is 0 Å². The average Bonchev–Trinajstić information content (AvgIpc) is 3.16. The van der Waals surface area contributed by atoms with Crippen LogP contribution < -0.4 is 22.9 Å². The van der Waals surface area contributed by atoms with E-state index in [9.17, 15) is 43.2 Å². The lowest BCUT2D eigenvalue weighted by molar-refractivity contribution is -0.161. The lowest BCUT2D eigenvalue weighted by atomic mass is 10.2. The number of carbonyl (C=O) groups excluding carboxylic acids is 9. The zero-order valence-electron chi connectivity index (χ0n) is 33.6. The third-order valence-corrected chi connectivity index (χ3v) is 8.85. The Hall–Kier alpha value is -5.33. The topological polar surface area (TPSA) is 306 Å². The summed E-state index contributed by atoms with van der Waals surface area (Å²) in [7, 11) is 0. The van der Waals surface area contributed by atoms with Crippen LogP contribution in [0.25, 0.3) is 0 Å². The third kappa shape index (κ3) is 20.2. The fourth-order valence-electron chi connectivity index (χ4n) is 5.22. The first-order valence-electron chi connectivity index (χ1n) is 17.7. The van der Waals surface area contributed by atoms with Crippen molar-refractivity contribution < 1.29 is 67.8 Å². The normalized spacial score (nSPS) is 16.1. The second kappa shape index (κ2) is 29.8. The Morgan fingerprint density at radius 2 is 0.948 bits per heavy atom. The number of halogens is 1. The highest BCUT2D eigenvalue weighted by Crippen LogP contribution is 2.11. The smallest absolute Gasteiger partial charge is 0.348 e. The fraction of sp³-hybridized carbons (Fsp3) is 0.629. The van der Waals surface area contributed by atoms with Crippen molar-refractivity contribution >= 4 is 69.3 Å². The molecule has 23 heteroatoms. The maximum atomic E-state index is 11.9. The molecule has 0 aliphatic carbocycles. The van der Waals surface area contributed by atoms with Gasteiger partial charge < -0.3 is 56.6 Å². The Morgan fingerprint density at radius 3 is 1.28 bits per heavy atom. The molecule has 3 rings (SSSR count). The first kappa shape index (κ1) is 54.8. The highest BCUT2D eigenvalue weighted by molar-refractivity contribution is 9.10. The molecule has 8 N–H and O–H groups in total. The monoisotopic (exact) mass is 897 g/mol. The van der Waals surface area contributed by atoms with Gasteiger partial charge in [-0.2, -0.15) is 0 Å². The summed E-state index contributed by atoms with van der Waals surface area (Å²) in [6.45, 7) is 15.3. The van der Waals surface area contributed by atoms with Crippen LogP contribution in [-0.4, -0.2) is 187 Å². The van der Waals surface area contributed by atoms with Crippen LogP contribution in [0.2, 0.25) is 0 Å². The van der Waals surface area contributed by atoms with Crippen LogP contribution in [-0.2, 0) is 62.1 Å². The molecule has 0 aromatic carbocycles. The summed E-state index contributed by atoms with van der Waals surface area (Å²) in [4.78, 5) is 108. The van der Waals surface area contributed by atoms with Crippen molar-refractivity contribution in [3.05, 3.63) is 0 Å². The number of piperazine rings is 3. The molecule has 2 atom stereocenters. The summed E-state index contributed by atoms with van der Waals surface area (Å²) in [6, 6.07) is -2.26. The highest BCUT2D eigenvalue weighted by Gasteiger charge is 2.38. The van der Waals surface area contributed by atoms with Crippen LogP contribution in [0.1, 0.15) is 40.3 Å². The lowest BCUT2D eigenvalue weighted by Crippen LogP contribution is -2.59. The summed E-state index contributed by atoms with van der Waals surface area (Å²) < 4.78 is 18.0. The Kier molecular flexibility index (Phi) is 28.2. The van der Waals surface area contributed by atoms with Crippen LogP contribution >= 0.6 is 15.9 Å². The molecular weight excluding hydrogens is 834 g/mol. The van der Waals surface area contributed by atoms with Gasteiger partial charge in [-0.3, -0.25) is 38.6 Å². The Bertz CT molecular complexity index is 1490. The molecular formula is C35H64BrN9O13. The molecule has 0 aromatic rings. The van der Waals surface area contributed by atoms with Gasteiger partial charge in [0.25, 0.3) is 0 Å². The molecule has 3 fully saturated rings. The second-order valence-corrected chi connectivity index (χ2v) is 12.8. The van der Waals surface area contributed by atoms with E-state index in [1.807, 2.05) is 4.90 Å². The first-order valence-corrected chi connectivity index (χ1v) is 18.6. The van der Waals surface area contributed by atoms with Gasteiger partial charge in [-0.05, 0) is 13.8 Å². The molecule has 0 radical (unpaired) electrons. The van der Waals surface area contributed by atoms with E-state index in [2.05, 4.69) is 41.9 Å². The fourth-order valence-corrected chi connectivity index (χ4v) is 5.45. The molecule has 58 heavy (non-hydrogen) atoms. The molecule has 2 unspecified atom stereocenters. The maximum Gasteiger partial charge on any atom is 0.348 e. The van der Waals surface area contributed by atoms with Gasteiger partial charge in [0.15, 0.2) is 6.04 Å². The summed E-state index contributed by atoms with van der Waals surface area (Å²) in [5.74, 6) is -4.44. The number of nitrogens with two attached hydrogens (primary N) is 2. The number of carbonyl (C=O) groups is 9. The molecule has 5 amide bonds. The third-order valence-electron chi connectivity index (χ3n) is 8.10. The molecule has 3 saturated heterocycles. The van der Waals surface area contributed by atoms with E-state index in [1.165, 1.54) is 13.8 Å². The number of nitrogens with one attached hydrogen (secondary N) is 1. The van der Waals surface area contributed by atoms with Crippen molar-refractivity contribution in [2.24, 2.45) is 11.5 Å². The van der Waals surface area contributed by atoms with Gasteiger partial charge in [-0.1, -0.05) is 28.8 Å². The number of rotatable bonds is 10. The standard InChI is InChI=1S/C13H18N2O5.C9H16N4O3.C7H7BrO4.C6H12N2O.H3N.4H2/c1-4-19-12(17)11(13(18)20-5-2)15-8-6-14(7-9-15)10(3)16;1-6(14)12-2-4-13(5-3-12)7(8(10)15)9(11)16;1-3-11-6(9)5(8)7(10)12-4-2;1-6(9)8-4-2-7-3-5-8;;;;;/h1,11H,5-9H2,2-3H3;7H,2-5H2,1H3,(H2,10,15)(H2,11,16);1,5H,4H2,2H3;7H,2-5H2,1H3;1H3;4*1H. The highest BCUT2D eigenvalue weighted by atomic mass is 79.9. The quantitative estimate of drug-likeness (QED) is 0.0591. The number of terminal acetylenes is 2. The molecule has 0 bridgehead atoms. The van der Waals surface area contributed by atoms with Crippen molar-refractivity contribution in [1.29, 1.82) is 0 Å². The van der Waals surface area contributed by atoms with E-state index in [4.69, 9.17) is 22.6 Å². The Morgan fingerprint density at radius 1 is 0.603 bits per heavy atom. The molecule has 0 saturated carbocycles. The number of ether oxygens (including phenoxy) is 4. The van der Waals surface area contributed by atoms with Gasteiger partial charge in [0, 0.05) is 105 Å². The van der Waals surface area contributed by atoms with Gasteiger partial charge in [0.2, 0.25) is 40.4 Å². The van der Waals surface area contributed by atoms with E-state index < -0.39 is 52.6 Å². The number of amides is 5. The van der Waals surface area contributed by atoms with E-state index in [0.717, 1.165) is 26.2 Å². The van der Waals surface area contributed by atoms with Crippen LogP contribution in [0.15, 0.2) is 0 Å². The minimum absolute atomic E-state index is 0. The number of hydrogen-bond donors (Lipinski definition) is 4. The van der Waals surface area contributed by atoms with Gasteiger partial charge in [0.05, 0.1) is 13.2 Å². The van der Waals surface area contributed by atoms with Gasteiger partial charge >= 0.3 is 23.9 Å². The molecule has 334 valence electrons. The predicted molar refractivity (Wildman–Crippen MR) is 218 cm³/mol. The molecule has 3 aliphatic heterocycles. The van der Waals surface area contributed by atoms with Gasteiger partial charge in [0.1, 0.15) is 12.2 Å². The Balaban J connectivity index is -0.000000170. The van der Waals surface area contributed by atoms with E-state index in [1.54, 1.807) is 52.6 Å². The molecule has 3 aliphatic rings. The number of alkyl halides is 1. The minimum Gasteiger partial charge on any atom is -0.465 e. The first-order chi connectivity index (χ1) is 26.9. The second-order valence-electron chi connectivity index (χ2n) is 11.9. The van der Waals surface area contributed by atoms with E-state index in [0.29, 0.717) is 52.4 Å². The van der Waals surface area contributed by atoms with Crippen LogP contribution in [0.5, 0.6) is 0 Å². The number of hydrogen-bond acceptors (Lipinski definition) is 17. The summed E-state index contributed by atoms with van der Waals surface area (Å²) in [5.41, 5.74) is 10.2. The molecule has 22 nitrogen and oxygen atoms in total. The number of nitrogens with zero attached hydrogens (tertiary/aromatic N) is 5. The van der Waals surface area contributed by atoms with Crippen LogP contribution in [0.3, 0.4) is 0 Å². The van der Waals surface area contributed by atoms with Crippen LogP contribution in [0.4, 0.5) is 0 Å². The predicted octanol–water partition coefficient (Wildman–Crippen LogP) is -2.26. The minimum atomic E-state index is -1.18. The summed E-state index contributed by atoms with van der Waals surface area (Å²) >= 11 is 2.77. The molecule has 3 heterocycles. The molecule has 0 spiro atoms. The zero-order valence-corrected chi connectivity index (χ0v) is 35.2. The summed E-state index contributed by atoms with van der Waals surface area (Å²) in [6.07, 6.45) is 13.0. The Labute approximate surface area is 352 Å². The van der Waals surface area contributed by atoms with E-state index in [-0.39, 0.29) is 42.8 Å². The average molecular weight is 899 g/mol. The van der Waals surface area contributed by atoms with Crippen molar-refractivity contribution in [2.45, 2.75) is 51.5 Å². The van der Waals surface area contributed by atoms with Crippen molar-refractivity contribution in [2.75, 3.05) is 91.8 Å². The molecule has 0 aromatic heterocycles. The number of esters is 4.